The van der Waals surface area contributed by atoms with E-state index < -0.39 is 5.97 Å². The molecule has 0 saturated carbocycles. The van der Waals surface area contributed by atoms with Crippen molar-refractivity contribution in [2.45, 2.75) is 6.54 Å². The minimum absolute atomic E-state index is 0.194. The highest BCUT2D eigenvalue weighted by molar-refractivity contribution is 7.16. The lowest BCUT2D eigenvalue weighted by Crippen LogP contribution is -2.03. The first kappa shape index (κ1) is 12.6. The SMILES string of the molecule is O=C(O)c1ccc(CNc2ccc3ncsc3c2)nc1. The standard InChI is InChI=1S/C14H11N3O2S/c18-14(19)9-1-2-11(15-6-9)7-16-10-3-4-12-13(5-10)20-8-17-12/h1-6,8,16H,7H2,(H,18,19). The third kappa shape index (κ3) is 2.60. The average Bonchev–Trinajstić information content (AvgIpc) is 2.93. The topological polar surface area (TPSA) is 75.1 Å². The normalized spacial score (nSPS) is 10.6. The third-order valence-electron chi connectivity index (χ3n) is 2.88. The number of aromatic nitrogens is 2. The molecule has 1 aromatic carbocycles. The van der Waals surface area contributed by atoms with E-state index in [0.717, 1.165) is 21.6 Å². The number of aromatic carboxylic acids is 1. The Morgan fingerprint density at radius 2 is 2.15 bits per heavy atom. The highest BCUT2D eigenvalue weighted by Crippen LogP contribution is 2.22. The van der Waals surface area contributed by atoms with Crippen LogP contribution in [0.15, 0.2) is 42.0 Å². The zero-order valence-electron chi connectivity index (χ0n) is 10.4. The van der Waals surface area contributed by atoms with Gasteiger partial charge in [-0.05, 0) is 30.3 Å². The maximum absolute atomic E-state index is 10.7. The quantitative estimate of drug-likeness (QED) is 0.770. The molecule has 0 aliphatic rings. The van der Waals surface area contributed by atoms with Crippen molar-refractivity contribution < 1.29 is 9.90 Å². The van der Waals surface area contributed by atoms with E-state index in [1.54, 1.807) is 23.5 Å². The summed E-state index contributed by atoms with van der Waals surface area (Å²) in [6.07, 6.45) is 1.37. The van der Waals surface area contributed by atoms with Gasteiger partial charge in [0.15, 0.2) is 0 Å². The molecule has 2 N–H and O–H groups in total. The lowest BCUT2D eigenvalue weighted by Gasteiger charge is -2.06. The first-order chi connectivity index (χ1) is 9.72. The van der Waals surface area contributed by atoms with Gasteiger partial charge in [-0.2, -0.15) is 0 Å². The van der Waals surface area contributed by atoms with Crippen LogP contribution in [0.4, 0.5) is 5.69 Å². The van der Waals surface area contributed by atoms with Crippen LogP contribution >= 0.6 is 11.3 Å². The van der Waals surface area contributed by atoms with Crippen LogP contribution in [-0.4, -0.2) is 21.0 Å². The predicted octanol–water partition coefficient (Wildman–Crippen LogP) is 3.00. The number of fused-ring (bicyclic) bond motifs is 1. The number of carbonyl (C=O) groups is 1. The van der Waals surface area contributed by atoms with Crippen LogP contribution in [0, 0.1) is 0 Å². The van der Waals surface area contributed by atoms with Crippen LogP contribution in [-0.2, 0) is 6.54 Å². The van der Waals surface area contributed by atoms with Crippen molar-refractivity contribution in [3.8, 4) is 0 Å². The van der Waals surface area contributed by atoms with Gasteiger partial charge in [0.05, 0.1) is 33.5 Å². The molecule has 2 heterocycles. The van der Waals surface area contributed by atoms with Crippen LogP contribution in [0.25, 0.3) is 10.2 Å². The molecule has 0 atom stereocenters. The maximum atomic E-state index is 10.7. The van der Waals surface area contributed by atoms with Gasteiger partial charge in [0.1, 0.15) is 0 Å². The summed E-state index contributed by atoms with van der Waals surface area (Å²) in [7, 11) is 0. The second kappa shape index (κ2) is 5.26. The molecule has 0 saturated heterocycles. The number of anilines is 1. The summed E-state index contributed by atoms with van der Waals surface area (Å²) in [6.45, 7) is 0.546. The molecule has 0 radical (unpaired) electrons. The van der Waals surface area contributed by atoms with E-state index in [0.29, 0.717) is 6.54 Å². The fraction of sp³-hybridized carbons (Fsp3) is 0.0714. The highest BCUT2D eigenvalue weighted by Gasteiger charge is 2.03. The minimum Gasteiger partial charge on any atom is -0.478 e. The van der Waals surface area contributed by atoms with Gasteiger partial charge in [0, 0.05) is 11.9 Å². The molecular formula is C14H11N3O2S. The molecule has 0 fully saturated rings. The maximum Gasteiger partial charge on any atom is 0.337 e. The second-order valence-electron chi connectivity index (χ2n) is 4.23. The third-order valence-corrected chi connectivity index (χ3v) is 3.67. The number of pyridine rings is 1. The predicted molar refractivity (Wildman–Crippen MR) is 78.1 cm³/mol. The van der Waals surface area contributed by atoms with Crippen molar-refractivity contribution in [3.05, 3.63) is 53.3 Å². The lowest BCUT2D eigenvalue weighted by atomic mass is 10.2. The van der Waals surface area contributed by atoms with Crippen LogP contribution in [0.2, 0.25) is 0 Å². The van der Waals surface area contributed by atoms with Gasteiger partial charge in [-0.3, -0.25) is 4.98 Å². The number of carboxylic acids is 1. The molecule has 100 valence electrons. The zero-order chi connectivity index (χ0) is 13.9. The number of carboxylic acid groups (broad SMARTS) is 1. The number of nitrogens with one attached hydrogen (secondary N) is 1. The highest BCUT2D eigenvalue weighted by atomic mass is 32.1. The molecule has 0 aliphatic carbocycles. The molecule has 20 heavy (non-hydrogen) atoms. The number of nitrogens with zero attached hydrogens (tertiary/aromatic N) is 2. The minimum atomic E-state index is -0.965. The largest absolute Gasteiger partial charge is 0.478 e. The van der Waals surface area contributed by atoms with Crippen LogP contribution < -0.4 is 5.32 Å². The molecule has 3 rings (SSSR count). The van der Waals surface area contributed by atoms with Gasteiger partial charge in [0.25, 0.3) is 0 Å². The smallest absolute Gasteiger partial charge is 0.337 e. The Bertz CT molecular complexity index is 752. The fourth-order valence-electron chi connectivity index (χ4n) is 1.81. The van der Waals surface area contributed by atoms with Crippen molar-refractivity contribution in [2.24, 2.45) is 0 Å². The van der Waals surface area contributed by atoms with Gasteiger partial charge >= 0.3 is 5.97 Å². The number of hydrogen-bond donors (Lipinski definition) is 2. The molecule has 0 aliphatic heterocycles. The van der Waals surface area contributed by atoms with Gasteiger partial charge < -0.3 is 10.4 Å². The first-order valence-corrected chi connectivity index (χ1v) is 6.86. The number of benzene rings is 1. The Hall–Kier alpha value is -2.47. The fourth-order valence-corrected chi connectivity index (χ4v) is 2.53. The van der Waals surface area contributed by atoms with Crippen LogP contribution in [0.1, 0.15) is 16.1 Å². The molecule has 3 aromatic rings. The molecular weight excluding hydrogens is 274 g/mol. The van der Waals surface area contributed by atoms with E-state index in [9.17, 15) is 4.79 Å². The zero-order valence-corrected chi connectivity index (χ0v) is 11.2. The summed E-state index contributed by atoms with van der Waals surface area (Å²) in [6, 6.07) is 9.24. The summed E-state index contributed by atoms with van der Waals surface area (Å²) in [5.74, 6) is -0.965. The molecule has 0 amide bonds. The number of hydrogen-bond acceptors (Lipinski definition) is 5. The Kier molecular flexibility index (Phi) is 3.30. The Morgan fingerprint density at radius 1 is 1.25 bits per heavy atom. The second-order valence-corrected chi connectivity index (χ2v) is 5.12. The lowest BCUT2D eigenvalue weighted by molar-refractivity contribution is 0.0696. The average molecular weight is 285 g/mol. The molecule has 5 nitrogen and oxygen atoms in total. The summed E-state index contributed by atoms with van der Waals surface area (Å²) in [5, 5.41) is 12.1. The van der Waals surface area contributed by atoms with E-state index in [1.807, 2.05) is 23.7 Å². The van der Waals surface area contributed by atoms with Crippen molar-refractivity contribution in [1.29, 1.82) is 0 Å². The summed E-state index contributed by atoms with van der Waals surface area (Å²) in [5.41, 5.74) is 4.79. The van der Waals surface area contributed by atoms with Crippen molar-refractivity contribution >= 4 is 33.2 Å². The summed E-state index contributed by atoms with van der Waals surface area (Å²) < 4.78 is 1.13. The first-order valence-electron chi connectivity index (χ1n) is 5.98. The Balaban J connectivity index is 1.70. The van der Waals surface area contributed by atoms with Gasteiger partial charge in [-0.15, -0.1) is 11.3 Å². The molecule has 6 heteroatoms. The van der Waals surface area contributed by atoms with E-state index in [2.05, 4.69) is 15.3 Å². The van der Waals surface area contributed by atoms with Crippen LogP contribution in [0.3, 0.4) is 0 Å². The molecule has 0 bridgehead atoms. The molecule has 0 spiro atoms. The van der Waals surface area contributed by atoms with Crippen molar-refractivity contribution in [1.82, 2.24) is 9.97 Å². The van der Waals surface area contributed by atoms with Crippen LogP contribution in [0.5, 0.6) is 0 Å². The Labute approximate surface area is 118 Å². The number of thiazole rings is 1. The molecule has 0 unspecified atom stereocenters. The van der Waals surface area contributed by atoms with Crippen molar-refractivity contribution in [2.75, 3.05) is 5.32 Å². The molecule has 2 aromatic heterocycles. The Morgan fingerprint density at radius 3 is 2.90 bits per heavy atom. The van der Waals surface area contributed by atoms with Gasteiger partial charge in [0.2, 0.25) is 0 Å². The monoisotopic (exact) mass is 285 g/mol. The van der Waals surface area contributed by atoms with E-state index in [1.165, 1.54) is 6.20 Å². The number of rotatable bonds is 4. The summed E-state index contributed by atoms with van der Waals surface area (Å²) >= 11 is 1.60. The van der Waals surface area contributed by atoms with E-state index >= 15 is 0 Å². The van der Waals surface area contributed by atoms with Crippen molar-refractivity contribution in [3.63, 3.8) is 0 Å². The van der Waals surface area contributed by atoms with Gasteiger partial charge in [-0.25, -0.2) is 9.78 Å². The summed E-state index contributed by atoms with van der Waals surface area (Å²) in [4.78, 5) is 19.1. The van der Waals surface area contributed by atoms with E-state index in [4.69, 9.17) is 5.11 Å². The van der Waals surface area contributed by atoms with E-state index in [-0.39, 0.29) is 5.56 Å². The van der Waals surface area contributed by atoms with Gasteiger partial charge in [-0.1, -0.05) is 0 Å².